The Labute approximate surface area is 134 Å². The summed E-state index contributed by atoms with van der Waals surface area (Å²) in [6.45, 7) is 0.236. The summed E-state index contributed by atoms with van der Waals surface area (Å²) in [6, 6.07) is 9.40. The summed E-state index contributed by atoms with van der Waals surface area (Å²) in [4.78, 5) is 12.7. The van der Waals surface area contributed by atoms with Gasteiger partial charge in [0.1, 0.15) is 5.56 Å². The second kappa shape index (κ2) is 7.24. The SMILES string of the molecule is O=c1c(C(F)(F)F)cccn1CCCSc1ccccc1Cl. The molecule has 0 N–H and O–H groups in total. The van der Waals surface area contributed by atoms with E-state index in [0.717, 1.165) is 15.5 Å². The molecule has 118 valence electrons. The highest BCUT2D eigenvalue weighted by molar-refractivity contribution is 7.99. The smallest absolute Gasteiger partial charge is 0.315 e. The van der Waals surface area contributed by atoms with Gasteiger partial charge in [0.15, 0.2) is 0 Å². The minimum Gasteiger partial charge on any atom is -0.315 e. The fourth-order valence-electron chi connectivity index (χ4n) is 1.91. The molecule has 1 aromatic heterocycles. The molecule has 2 rings (SSSR count). The summed E-state index contributed by atoms with van der Waals surface area (Å²) in [5.74, 6) is 0.659. The van der Waals surface area contributed by atoms with Crippen LogP contribution in [0.2, 0.25) is 5.02 Å². The number of rotatable bonds is 5. The molecule has 0 bridgehead atoms. The lowest BCUT2D eigenvalue weighted by molar-refractivity contribution is -0.139. The maximum atomic E-state index is 12.7. The summed E-state index contributed by atoms with van der Waals surface area (Å²) >= 11 is 7.53. The van der Waals surface area contributed by atoms with Crippen LogP contribution in [0.15, 0.2) is 52.3 Å². The molecule has 1 aromatic carbocycles. The second-order valence-electron chi connectivity index (χ2n) is 4.55. The van der Waals surface area contributed by atoms with Gasteiger partial charge < -0.3 is 4.57 Å². The van der Waals surface area contributed by atoms with Crippen LogP contribution < -0.4 is 5.56 Å². The third-order valence-electron chi connectivity index (χ3n) is 2.96. The summed E-state index contributed by atoms with van der Waals surface area (Å²) in [7, 11) is 0. The molecule has 0 aliphatic rings. The van der Waals surface area contributed by atoms with Gasteiger partial charge in [0, 0.05) is 17.6 Å². The van der Waals surface area contributed by atoms with Crippen molar-refractivity contribution >= 4 is 23.4 Å². The number of benzene rings is 1. The average molecular weight is 348 g/mol. The molecule has 1 heterocycles. The number of nitrogens with zero attached hydrogens (tertiary/aromatic N) is 1. The molecule has 0 spiro atoms. The summed E-state index contributed by atoms with van der Waals surface area (Å²) in [5, 5.41) is 0.642. The largest absolute Gasteiger partial charge is 0.421 e. The zero-order chi connectivity index (χ0) is 16.2. The first kappa shape index (κ1) is 17.0. The van der Waals surface area contributed by atoms with Crippen molar-refractivity contribution in [3.8, 4) is 0 Å². The van der Waals surface area contributed by atoms with Crippen LogP contribution in [0.1, 0.15) is 12.0 Å². The fourth-order valence-corrected chi connectivity index (χ4v) is 3.08. The van der Waals surface area contributed by atoms with E-state index in [1.807, 2.05) is 18.2 Å². The number of hydrogen-bond acceptors (Lipinski definition) is 2. The Morgan fingerprint density at radius 3 is 2.55 bits per heavy atom. The van der Waals surface area contributed by atoms with Crippen LogP contribution in [-0.2, 0) is 12.7 Å². The van der Waals surface area contributed by atoms with Crippen molar-refractivity contribution < 1.29 is 13.2 Å². The van der Waals surface area contributed by atoms with E-state index in [1.54, 1.807) is 6.07 Å². The van der Waals surface area contributed by atoms with E-state index in [1.165, 1.54) is 24.0 Å². The van der Waals surface area contributed by atoms with Gasteiger partial charge in [0.05, 0.1) is 5.02 Å². The van der Waals surface area contributed by atoms with Crippen molar-refractivity contribution in [2.24, 2.45) is 0 Å². The van der Waals surface area contributed by atoms with E-state index in [2.05, 4.69) is 0 Å². The number of aromatic nitrogens is 1. The molecule has 0 unspecified atom stereocenters. The predicted molar refractivity (Wildman–Crippen MR) is 82.5 cm³/mol. The standard InChI is InChI=1S/C15H13ClF3NOS/c16-12-6-1-2-7-13(12)22-10-4-9-20-8-3-5-11(14(20)21)15(17,18)19/h1-3,5-8H,4,9-10H2. The van der Waals surface area contributed by atoms with Gasteiger partial charge >= 0.3 is 6.18 Å². The van der Waals surface area contributed by atoms with Crippen molar-refractivity contribution in [1.29, 1.82) is 0 Å². The Kier molecular flexibility index (Phi) is 5.58. The first-order valence-electron chi connectivity index (χ1n) is 6.53. The Balaban J connectivity index is 1.96. The van der Waals surface area contributed by atoms with Crippen LogP contribution in [0.25, 0.3) is 0 Å². The maximum absolute atomic E-state index is 12.7. The van der Waals surface area contributed by atoms with Crippen molar-refractivity contribution in [3.05, 3.63) is 63.5 Å². The number of hydrogen-bond donors (Lipinski definition) is 0. The van der Waals surface area contributed by atoms with Crippen molar-refractivity contribution in [2.45, 2.75) is 24.0 Å². The van der Waals surface area contributed by atoms with E-state index in [-0.39, 0.29) is 6.54 Å². The van der Waals surface area contributed by atoms with Gasteiger partial charge in [-0.3, -0.25) is 4.79 Å². The average Bonchev–Trinajstić information content (AvgIpc) is 2.45. The van der Waals surface area contributed by atoms with Crippen molar-refractivity contribution in [2.75, 3.05) is 5.75 Å². The molecule has 2 aromatic rings. The van der Waals surface area contributed by atoms with Crippen LogP contribution in [-0.4, -0.2) is 10.3 Å². The van der Waals surface area contributed by atoms with Crippen LogP contribution in [0, 0.1) is 0 Å². The Morgan fingerprint density at radius 1 is 1.14 bits per heavy atom. The quantitative estimate of drug-likeness (QED) is 0.577. The number of halogens is 4. The number of aryl methyl sites for hydroxylation is 1. The summed E-state index contributed by atoms with van der Waals surface area (Å²) < 4.78 is 39.0. The molecule has 0 radical (unpaired) electrons. The van der Waals surface area contributed by atoms with Crippen LogP contribution in [0.4, 0.5) is 13.2 Å². The second-order valence-corrected chi connectivity index (χ2v) is 6.09. The van der Waals surface area contributed by atoms with Gasteiger partial charge in [-0.1, -0.05) is 23.7 Å². The molecule has 0 aliphatic heterocycles. The molecule has 0 amide bonds. The summed E-state index contributed by atoms with van der Waals surface area (Å²) in [5.41, 5.74) is -2.13. The molecule has 7 heteroatoms. The number of pyridine rings is 1. The molecule has 22 heavy (non-hydrogen) atoms. The van der Waals surface area contributed by atoms with Gasteiger partial charge in [-0.25, -0.2) is 0 Å². The number of alkyl halides is 3. The van der Waals surface area contributed by atoms with Gasteiger partial charge in [-0.05, 0) is 36.4 Å². The minimum atomic E-state index is -4.62. The first-order chi connectivity index (χ1) is 10.4. The van der Waals surface area contributed by atoms with Crippen LogP contribution in [0.3, 0.4) is 0 Å². The van der Waals surface area contributed by atoms with Crippen LogP contribution in [0.5, 0.6) is 0 Å². The van der Waals surface area contributed by atoms with E-state index in [0.29, 0.717) is 17.2 Å². The monoisotopic (exact) mass is 347 g/mol. The maximum Gasteiger partial charge on any atom is 0.421 e. The fraction of sp³-hybridized carbons (Fsp3) is 0.267. The third kappa shape index (κ3) is 4.30. The third-order valence-corrected chi connectivity index (χ3v) is 4.56. The lowest BCUT2D eigenvalue weighted by Crippen LogP contribution is -2.28. The normalized spacial score (nSPS) is 11.6. The van der Waals surface area contributed by atoms with E-state index < -0.39 is 17.3 Å². The van der Waals surface area contributed by atoms with Crippen LogP contribution >= 0.6 is 23.4 Å². The molecule has 0 saturated carbocycles. The molecule has 0 atom stereocenters. The highest BCUT2D eigenvalue weighted by Crippen LogP contribution is 2.27. The Hall–Kier alpha value is -1.40. The molecular weight excluding hydrogens is 335 g/mol. The molecule has 2 nitrogen and oxygen atoms in total. The van der Waals surface area contributed by atoms with E-state index in [9.17, 15) is 18.0 Å². The molecular formula is C15H13ClF3NOS. The zero-order valence-electron chi connectivity index (χ0n) is 11.4. The van der Waals surface area contributed by atoms with E-state index >= 15 is 0 Å². The van der Waals surface area contributed by atoms with Gasteiger partial charge in [0.2, 0.25) is 0 Å². The number of thioether (sulfide) groups is 1. The van der Waals surface area contributed by atoms with Gasteiger partial charge in [-0.15, -0.1) is 11.8 Å². The Morgan fingerprint density at radius 2 is 1.86 bits per heavy atom. The lowest BCUT2D eigenvalue weighted by Gasteiger charge is -2.10. The predicted octanol–water partition coefficient (Wildman–Crippen LogP) is 4.70. The molecule has 0 fully saturated rings. The van der Waals surface area contributed by atoms with Crippen molar-refractivity contribution in [3.63, 3.8) is 0 Å². The van der Waals surface area contributed by atoms with Gasteiger partial charge in [-0.2, -0.15) is 13.2 Å². The highest BCUT2D eigenvalue weighted by atomic mass is 35.5. The molecule has 0 aliphatic carbocycles. The zero-order valence-corrected chi connectivity index (χ0v) is 13.0. The summed E-state index contributed by atoms with van der Waals surface area (Å²) in [6.07, 6.45) is -2.68. The lowest BCUT2D eigenvalue weighted by atomic mass is 10.2. The topological polar surface area (TPSA) is 22.0 Å². The minimum absolute atomic E-state index is 0.236. The van der Waals surface area contributed by atoms with Gasteiger partial charge in [0.25, 0.3) is 5.56 Å². The Bertz CT molecular complexity index is 700. The van der Waals surface area contributed by atoms with Crippen molar-refractivity contribution in [1.82, 2.24) is 4.57 Å². The first-order valence-corrected chi connectivity index (χ1v) is 7.90. The molecule has 0 saturated heterocycles. The highest BCUT2D eigenvalue weighted by Gasteiger charge is 2.34. The van der Waals surface area contributed by atoms with E-state index in [4.69, 9.17) is 11.6 Å².